The number of thiophene rings is 1. The number of ether oxygens (including phenoxy) is 2. The van der Waals surface area contributed by atoms with Crippen LogP contribution in [0, 0.1) is 0 Å². The van der Waals surface area contributed by atoms with Crippen molar-refractivity contribution >= 4 is 17.3 Å². The number of hydrogen-bond acceptors (Lipinski definition) is 7. The number of aryl methyl sites for hydroxylation is 1. The topological polar surface area (TPSA) is 83.6 Å². The Labute approximate surface area is 147 Å². The summed E-state index contributed by atoms with van der Waals surface area (Å²) in [5, 5.41) is 5.94. The molecule has 0 atom stereocenters. The highest BCUT2D eigenvalue weighted by Crippen LogP contribution is 2.21. The van der Waals surface area contributed by atoms with E-state index in [1.54, 1.807) is 6.07 Å². The van der Waals surface area contributed by atoms with Crippen LogP contribution in [0.15, 0.2) is 57.1 Å². The standard InChI is InChI=1S/C17H16N2O5S/c20-15(23-11-10-22-13-5-2-1-3-6-13)8-9-19-17(21)24-16(18-19)14-7-4-12-25-14/h1-7,12H,8-11H2. The van der Waals surface area contributed by atoms with E-state index in [0.29, 0.717) is 5.75 Å². The van der Waals surface area contributed by atoms with Gasteiger partial charge in [0.2, 0.25) is 0 Å². The zero-order chi connectivity index (χ0) is 17.5. The van der Waals surface area contributed by atoms with Crippen LogP contribution in [0.1, 0.15) is 6.42 Å². The fraction of sp³-hybridized carbons (Fsp3) is 0.235. The second-order valence-corrected chi connectivity index (χ2v) is 5.95. The van der Waals surface area contributed by atoms with Gasteiger partial charge in [-0.3, -0.25) is 4.79 Å². The van der Waals surface area contributed by atoms with E-state index in [0.717, 1.165) is 9.56 Å². The zero-order valence-electron chi connectivity index (χ0n) is 13.3. The summed E-state index contributed by atoms with van der Waals surface area (Å²) < 4.78 is 16.7. The Morgan fingerprint density at radius 1 is 1.16 bits per heavy atom. The van der Waals surface area contributed by atoms with Crippen molar-refractivity contribution in [2.75, 3.05) is 13.2 Å². The van der Waals surface area contributed by atoms with E-state index in [-0.39, 0.29) is 32.1 Å². The first-order valence-corrected chi connectivity index (χ1v) is 8.55. The molecule has 8 heteroatoms. The Morgan fingerprint density at radius 3 is 2.76 bits per heavy atom. The molecule has 25 heavy (non-hydrogen) atoms. The molecule has 3 rings (SSSR count). The minimum atomic E-state index is -0.594. The van der Waals surface area contributed by atoms with Gasteiger partial charge in [-0.25, -0.2) is 4.79 Å². The first kappa shape index (κ1) is 17.0. The molecule has 0 aliphatic rings. The van der Waals surface area contributed by atoms with Crippen LogP contribution in [0.25, 0.3) is 10.8 Å². The number of carbonyl (C=O) groups excluding carboxylic acids is 1. The number of carbonyl (C=O) groups is 1. The lowest BCUT2D eigenvalue weighted by molar-refractivity contribution is -0.144. The van der Waals surface area contributed by atoms with Crippen LogP contribution in [0.5, 0.6) is 5.75 Å². The van der Waals surface area contributed by atoms with Crippen molar-refractivity contribution in [2.45, 2.75) is 13.0 Å². The van der Waals surface area contributed by atoms with Crippen LogP contribution in [-0.4, -0.2) is 29.0 Å². The Hall–Kier alpha value is -2.87. The molecule has 0 radical (unpaired) electrons. The summed E-state index contributed by atoms with van der Waals surface area (Å²) in [6.45, 7) is 0.510. The van der Waals surface area contributed by atoms with Crippen molar-refractivity contribution in [3.8, 4) is 16.5 Å². The lowest BCUT2D eigenvalue weighted by atomic mass is 10.3. The highest BCUT2D eigenvalue weighted by atomic mass is 32.1. The Balaban J connectivity index is 1.41. The molecule has 2 aromatic heterocycles. The van der Waals surface area contributed by atoms with Crippen molar-refractivity contribution in [3.63, 3.8) is 0 Å². The van der Waals surface area contributed by atoms with E-state index in [2.05, 4.69) is 5.10 Å². The van der Waals surface area contributed by atoms with E-state index in [1.165, 1.54) is 11.3 Å². The molecule has 0 saturated carbocycles. The Morgan fingerprint density at radius 2 is 2.00 bits per heavy atom. The molecule has 0 N–H and O–H groups in total. The monoisotopic (exact) mass is 360 g/mol. The Kier molecular flexibility index (Phi) is 5.63. The molecule has 7 nitrogen and oxygen atoms in total. The number of rotatable bonds is 8. The minimum absolute atomic E-state index is 0.0294. The predicted molar refractivity (Wildman–Crippen MR) is 91.6 cm³/mol. The van der Waals surface area contributed by atoms with Crippen molar-refractivity contribution in [1.29, 1.82) is 0 Å². The molecular formula is C17H16N2O5S. The summed E-state index contributed by atoms with van der Waals surface area (Å²) in [6.07, 6.45) is 0.0294. The third-order valence-corrected chi connectivity index (χ3v) is 4.08. The lowest BCUT2D eigenvalue weighted by Gasteiger charge is -2.07. The van der Waals surface area contributed by atoms with Gasteiger partial charge in [0.25, 0.3) is 5.89 Å². The molecule has 0 aliphatic carbocycles. The molecule has 0 aliphatic heterocycles. The average Bonchev–Trinajstić information content (AvgIpc) is 3.27. The fourth-order valence-electron chi connectivity index (χ4n) is 2.05. The number of benzene rings is 1. The number of para-hydroxylation sites is 1. The van der Waals surface area contributed by atoms with Gasteiger partial charge >= 0.3 is 11.7 Å². The maximum atomic E-state index is 11.7. The van der Waals surface area contributed by atoms with Gasteiger partial charge in [0.15, 0.2) is 0 Å². The van der Waals surface area contributed by atoms with Gasteiger partial charge in [-0.05, 0) is 23.6 Å². The maximum absolute atomic E-state index is 11.7. The van der Waals surface area contributed by atoms with Gasteiger partial charge in [0, 0.05) is 0 Å². The molecule has 0 fully saturated rings. The molecule has 2 heterocycles. The van der Waals surface area contributed by atoms with E-state index < -0.39 is 11.7 Å². The number of nitrogens with zero attached hydrogens (tertiary/aromatic N) is 2. The summed E-state index contributed by atoms with van der Waals surface area (Å²) in [4.78, 5) is 24.2. The van der Waals surface area contributed by atoms with Crippen LogP contribution in [0.3, 0.4) is 0 Å². The molecule has 0 bridgehead atoms. The smallest absolute Gasteiger partial charge is 0.437 e. The van der Waals surface area contributed by atoms with Crippen LogP contribution < -0.4 is 10.5 Å². The fourth-order valence-corrected chi connectivity index (χ4v) is 2.69. The molecule has 3 aromatic rings. The summed E-state index contributed by atoms with van der Waals surface area (Å²) in [5.41, 5.74) is 0. The average molecular weight is 360 g/mol. The van der Waals surface area contributed by atoms with Crippen molar-refractivity contribution in [1.82, 2.24) is 9.78 Å². The lowest BCUT2D eigenvalue weighted by Crippen LogP contribution is -2.20. The van der Waals surface area contributed by atoms with Gasteiger partial charge in [-0.1, -0.05) is 24.3 Å². The first-order chi connectivity index (χ1) is 12.2. The highest BCUT2D eigenvalue weighted by molar-refractivity contribution is 7.13. The Bertz CT molecular complexity index is 855. The quantitative estimate of drug-likeness (QED) is 0.453. The third-order valence-electron chi connectivity index (χ3n) is 3.22. The minimum Gasteiger partial charge on any atom is -0.490 e. The zero-order valence-corrected chi connectivity index (χ0v) is 14.1. The van der Waals surface area contributed by atoms with E-state index in [4.69, 9.17) is 13.9 Å². The van der Waals surface area contributed by atoms with Crippen LogP contribution in [0.4, 0.5) is 0 Å². The second-order valence-electron chi connectivity index (χ2n) is 5.01. The van der Waals surface area contributed by atoms with E-state index in [1.807, 2.05) is 41.8 Å². The largest absolute Gasteiger partial charge is 0.490 e. The van der Waals surface area contributed by atoms with Gasteiger partial charge in [0.05, 0.1) is 17.8 Å². The maximum Gasteiger partial charge on any atom is 0.437 e. The molecule has 0 saturated heterocycles. The molecule has 1 aromatic carbocycles. The van der Waals surface area contributed by atoms with Crippen molar-refractivity contribution < 1.29 is 18.7 Å². The van der Waals surface area contributed by atoms with Crippen LogP contribution in [-0.2, 0) is 16.1 Å². The van der Waals surface area contributed by atoms with E-state index in [9.17, 15) is 9.59 Å². The highest BCUT2D eigenvalue weighted by Gasteiger charge is 2.12. The van der Waals surface area contributed by atoms with Crippen LogP contribution in [0.2, 0.25) is 0 Å². The molecular weight excluding hydrogens is 344 g/mol. The van der Waals surface area contributed by atoms with E-state index >= 15 is 0 Å². The molecule has 0 amide bonds. The molecule has 0 unspecified atom stereocenters. The van der Waals surface area contributed by atoms with Gasteiger partial charge < -0.3 is 13.9 Å². The molecule has 0 spiro atoms. The summed E-state index contributed by atoms with van der Waals surface area (Å²) >= 11 is 1.42. The third kappa shape index (κ3) is 4.80. The number of esters is 1. The number of aromatic nitrogens is 2. The van der Waals surface area contributed by atoms with Gasteiger partial charge in [0.1, 0.15) is 19.0 Å². The predicted octanol–water partition coefficient (Wildman–Crippen LogP) is 2.58. The number of hydrogen-bond donors (Lipinski definition) is 0. The first-order valence-electron chi connectivity index (χ1n) is 7.67. The van der Waals surface area contributed by atoms with Gasteiger partial charge in [-0.2, -0.15) is 4.68 Å². The summed E-state index contributed by atoms with van der Waals surface area (Å²) in [7, 11) is 0. The normalized spacial score (nSPS) is 10.6. The second kappa shape index (κ2) is 8.29. The van der Waals surface area contributed by atoms with Crippen molar-refractivity contribution in [3.05, 3.63) is 58.4 Å². The van der Waals surface area contributed by atoms with Crippen molar-refractivity contribution in [2.24, 2.45) is 0 Å². The SMILES string of the molecule is O=C(CCn1nc(-c2cccs2)oc1=O)OCCOc1ccccc1. The van der Waals surface area contributed by atoms with Crippen LogP contribution >= 0.6 is 11.3 Å². The summed E-state index contributed by atoms with van der Waals surface area (Å²) in [6, 6.07) is 12.9. The molecule has 130 valence electrons. The summed E-state index contributed by atoms with van der Waals surface area (Å²) in [5.74, 6) is -0.0497. The van der Waals surface area contributed by atoms with Gasteiger partial charge in [-0.15, -0.1) is 16.4 Å².